The van der Waals surface area contributed by atoms with Crippen molar-refractivity contribution in [2.24, 2.45) is 0 Å². The Morgan fingerprint density at radius 3 is 2.33 bits per heavy atom. The van der Waals surface area contributed by atoms with Gasteiger partial charge in [0.25, 0.3) is 5.91 Å². The predicted molar refractivity (Wildman–Crippen MR) is 83.6 cm³/mol. The second-order valence-corrected chi connectivity index (χ2v) is 6.65. The molecule has 2 rings (SSSR count). The number of rotatable bonds is 2. The van der Waals surface area contributed by atoms with E-state index < -0.39 is 0 Å². The summed E-state index contributed by atoms with van der Waals surface area (Å²) in [5.41, 5.74) is 2.97. The van der Waals surface area contributed by atoms with Gasteiger partial charge in [-0.2, -0.15) is 0 Å². The fraction of sp³-hybridized carbons (Fsp3) is 0.154. The topological polar surface area (TPSA) is 29.1 Å². The van der Waals surface area contributed by atoms with Crippen LogP contribution < -0.4 is 5.32 Å². The Morgan fingerprint density at radius 2 is 1.83 bits per heavy atom. The maximum Gasteiger partial charge on any atom is 0.266 e. The van der Waals surface area contributed by atoms with Crippen LogP contribution in [0.1, 0.15) is 20.8 Å². The highest BCUT2D eigenvalue weighted by atomic mass is 79.9. The quantitative estimate of drug-likeness (QED) is 0.757. The first-order valence-electron chi connectivity index (χ1n) is 5.30. The molecule has 2 nitrogen and oxygen atoms in total. The van der Waals surface area contributed by atoms with Crippen LogP contribution in [0.15, 0.2) is 32.5 Å². The molecule has 94 valence electrons. The van der Waals surface area contributed by atoms with Crippen molar-refractivity contribution in [2.45, 2.75) is 13.8 Å². The van der Waals surface area contributed by atoms with E-state index in [4.69, 9.17) is 0 Å². The molecule has 1 heterocycles. The average Bonchev–Trinajstić information content (AvgIpc) is 2.69. The molecule has 0 spiro atoms. The van der Waals surface area contributed by atoms with Crippen LogP contribution in [0.4, 0.5) is 5.69 Å². The molecule has 0 unspecified atom stereocenters. The maximum absolute atomic E-state index is 12.1. The number of thiophene rings is 1. The van der Waals surface area contributed by atoms with E-state index in [-0.39, 0.29) is 5.91 Å². The van der Waals surface area contributed by atoms with E-state index in [1.807, 2.05) is 37.4 Å². The molecule has 1 aromatic carbocycles. The van der Waals surface area contributed by atoms with Crippen molar-refractivity contribution in [3.63, 3.8) is 0 Å². The lowest BCUT2D eigenvalue weighted by atomic mass is 10.1. The van der Waals surface area contributed by atoms with Crippen molar-refractivity contribution in [1.82, 2.24) is 0 Å². The molecule has 0 radical (unpaired) electrons. The monoisotopic (exact) mass is 387 g/mol. The van der Waals surface area contributed by atoms with Gasteiger partial charge in [-0.3, -0.25) is 4.79 Å². The Labute approximate surface area is 127 Å². The van der Waals surface area contributed by atoms with Crippen LogP contribution in [0.2, 0.25) is 0 Å². The number of benzene rings is 1. The summed E-state index contributed by atoms with van der Waals surface area (Å²) in [5.74, 6) is -0.0783. The highest BCUT2D eigenvalue weighted by Gasteiger charge is 2.14. The summed E-state index contributed by atoms with van der Waals surface area (Å²) in [5, 5.41) is 4.86. The molecular formula is C13H11Br2NOS. The number of hydrogen-bond donors (Lipinski definition) is 1. The summed E-state index contributed by atoms with van der Waals surface area (Å²) in [6.07, 6.45) is 0. The van der Waals surface area contributed by atoms with Crippen LogP contribution in [0.25, 0.3) is 0 Å². The molecule has 0 aliphatic rings. The fourth-order valence-corrected chi connectivity index (χ4v) is 3.87. The predicted octanol–water partition coefficient (Wildman–Crippen LogP) is 5.14. The Hall–Kier alpha value is -0.650. The zero-order valence-corrected chi connectivity index (χ0v) is 13.9. The third-order valence-corrected chi connectivity index (χ3v) is 4.85. The molecule has 5 heteroatoms. The standard InChI is InChI=1S/C13H11Br2NOS/c1-7-5-9(14)6-8(2)11(7)16-13(17)12-10(15)3-4-18-12/h3-6H,1-2H3,(H,16,17). The molecule has 1 N–H and O–H groups in total. The molecule has 0 aliphatic carbocycles. The van der Waals surface area contributed by atoms with Crippen molar-refractivity contribution in [1.29, 1.82) is 0 Å². The highest BCUT2D eigenvalue weighted by molar-refractivity contribution is 9.10. The van der Waals surface area contributed by atoms with E-state index in [1.165, 1.54) is 11.3 Å². The summed E-state index contributed by atoms with van der Waals surface area (Å²) in [7, 11) is 0. The van der Waals surface area contributed by atoms with Gasteiger partial charge in [-0.05, 0) is 64.5 Å². The van der Waals surface area contributed by atoms with E-state index in [0.29, 0.717) is 4.88 Å². The Bertz CT molecular complexity index is 584. The lowest BCUT2D eigenvalue weighted by Gasteiger charge is -2.11. The summed E-state index contributed by atoms with van der Waals surface area (Å²) in [4.78, 5) is 12.8. The van der Waals surface area contributed by atoms with Crippen LogP contribution in [-0.4, -0.2) is 5.91 Å². The lowest BCUT2D eigenvalue weighted by Crippen LogP contribution is -2.12. The zero-order valence-electron chi connectivity index (χ0n) is 9.88. The fourth-order valence-electron chi connectivity index (χ4n) is 1.73. The van der Waals surface area contributed by atoms with Crippen molar-refractivity contribution in [3.05, 3.63) is 48.5 Å². The van der Waals surface area contributed by atoms with Gasteiger partial charge in [-0.15, -0.1) is 11.3 Å². The number of aryl methyl sites for hydroxylation is 2. The summed E-state index contributed by atoms with van der Waals surface area (Å²) < 4.78 is 1.85. The van der Waals surface area contributed by atoms with Crippen LogP contribution in [0, 0.1) is 13.8 Å². The highest BCUT2D eigenvalue weighted by Crippen LogP contribution is 2.28. The second kappa shape index (κ2) is 5.55. The van der Waals surface area contributed by atoms with Gasteiger partial charge in [0.1, 0.15) is 4.88 Å². The molecule has 0 bridgehead atoms. The minimum atomic E-state index is -0.0783. The van der Waals surface area contributed by atoms with Gasteiger partial charge in [0.2, 0.25) is 0 Å². The molecule has 0 saturated heterocycles. The van der Waals surface area contributed by atoms with Crippen LogP contribution >= 0.6 is 43.2 Å². The number of anilines is 1. The van der Waals surface area contributed by atoms with E-state index in [9.17, 15) is 4.79 Å². The number of nitrogens with one attached hydrogen (secondary N) is 1. The van der Waals surface area contributed by atoms with Gasteiger partial charge in [0, 0.05) is 14.6 Å². The first-order valence-corrected chi connectivity index (χ1v) is 7.76. The average molecular weight is 389 g/mol. The zero-order chi connectivity index (χ0) is 13.3. The van der Waals surface area contributed by atoms with Crippen LogP contribution in [0.3, 0.4) is 0 Å². The van der Waals surface area contributed by atoms with E-state index in [0.717, 1.165) is 25.8 Å². The summed E-state index contributed by atoms with van der Waals surface area (Å²) >= 11 is 8.24. The van der Waals surface area contributed by atoms with E-state index in [1.54, 1.807) is 0 Å². The van der Waals surface area contributed by atoms with Gasteiger partial charge in [-0.1, -0.05) is 15.9 Å². The molecule has 1 aromatic heterocycles. The Morgan fingerprint density at radius 1 is 1.22 bits per heavy atom. The second-order valence-electron chi connectivity index (χ2n) is 3.97. The first-order chi connectivity index (χ1) is 8.49. The lowest BCUT2D eigenvalue weighted by molar-refractivity contribution is 0.102. The summed E-state index contributed by atoms with van der Waals surface area (Å²) in [6.45, 7) is 3.97. The minimum Gasteiger partial charge on any atom is -0.321 e. The third kappa shape index (κ3) is 2.84. The van der Waals surface area contributed by atoms with Gasteiger partial charge in [0.05, 0.1) is 0 Å². The smallest absolute Gasteiger partial charge is 0.266 e. The molecule has 0 saturated carbocycles. The molecule has 2 aromatic rings. The third-order valence-electron chi connectivity index (χ3n) is 2.56. The number of amides is 1. The van der Waals surface area contributed by atoms with Crippen molar-refractivity contribution in [3.8, 4) is 0 Å². The van der Waals surface area contributed by atoms with Gasteiger partial charge in [0.15, 0.2) is 0 Å². The van der Waals surface area contributed by atoms with Crippen LogP contribution in [-0.2, 0) is 0 Å². The Balaban J connectivity index is 2.31. The number of carbonyl (C=O) groups is 1. The first kappa shape index (κ1) is 13.8. The van der Waals surface area contributed by atoms with Crippen molar-refractivity contribution in [2.75, 3.05) is 5.32 Å². The van der Waals surface area contributed by atoms with Gasteiger partial charge < -0.3 is 5.32 Å². The van der Waals surface area contributed by atoms with Crippen LogP contribution in [0.5, 0.6) is 0 Å². The molecule has 0 atom stereocenters. The molecule has 0 aliphatic heterocycles. The minimum absolute atomic E-state index is 0.0783. The maximum atomic E-state index is 12.1. The van der Waals surface area contributed by atoms with Gasteiger partial charge in [-0.25, -0.2) is 0 Å². The molecule has 1 amide bonds. The van der Waals surface area contributed by atoms with Crippen molar-refractivity contribution >= 4 is 54.8 Å². The van der Waals surface area contributed by atoms with E-state index in [2.05, 4.69) is 37.2 Å². The molecule has 18 heavy (non-hydrogen) atoms. The SMILES string of the molecule is Cc1cc(Br)cc(C)c1NC(=O)c1sccc1Br. The number of halogens is 2. The molecule has 0 fully saturated rings. The Kier molecular flexibility index (Phi) is 4.25. The largest absolute Gasteiger partial charge is 0.321 e. The van der Waals surface area contributed by atoms with Gasteiger partial charge >= 0.3 is 0 Å². The normalized spacial score (nSPS) is 10.4. The van der Waals surface area contributed by atoms with Crippen molar-refractivity contribution < 1.29 is 4.79 Å². The number of hydrogen-bond acceptors (Lipinski definition) is 2. The number of carbonyl (C=O) groups excluding carboxylic acids is 1. The summed E-state index contributed by atoms with van der Waals surface area (Å²) in [6, 6.07) is 5.86. The van der Waals surface area contributed by atoms with E-state index >= 15 is 0 Å². The molecular weight excluding hydrogens is 378 g/mol.